The average Bonchev–Trinajstić information content (AvgIpc) is 2.79. The van der Waals surface area contributed by atoms with Gasteiger partial charge in [-0.3, -0.25) is 9.59 Å². The van der Waals surface area contributed by atoms with Crippen LogP contribution in [0.4, 0.5) is 0 Å². The Bertz CT molecular complexity index is 344. The van der Waals surface area contributed by atoms with Crippen molar-refractivity contribution in [2.24, 2.45) is 17.6 Å². The highest BCUT2D eigenvalue weighted by molar-refractivity contribution is 5.78. The van der Waals surface area contributed by atoms with Crippen LogP contribution in [0.25, 0.3) is 0 Å². The smallest absolute Gasteiger partial charge is 0.222 e. The predicted molar refractivity (Wildman–Crippen MR) is 84.7 cm³/mol. The standard InChI is InChI=1S/C16H31N3O2/c1-12(2)14(8-9-17)6-7-15(20)18-13(3)11-19-10-4-5-16(19)21/h12-14H,4-11,17H2,1-3H3,(H,18,20). The molecule has 2 amide bonds. The molecule has 5 heteroatoms. The highest BCUT2D eigenvalue weighted by Gasteiger charge is 2.22. The van der Waals surface area contributed by atoms with Crippen molar-refractivity contribution in [2.75, 3.05) is 19.6 Å². The van der Waals surface area contributed by atoms with Crippen molar-refractivity contribution >= 4 is 11.8 Å². The molecule has 1 aliphatic rings. The van der Waals surface area contributed by atoms with Crippen LogP contribution in [-0.2, 0) is 9.59 Å². The molecule has 3 N–H and O–H groups in total. The van der Waals surface area contributed by atoms with Gasteiger partial charge in [0.1, 0.15) is 0 Å². The van der Waals surface area contributed by atoms with Gasteiger partial charge in [0.05, 0.1) is 0 Å². The molecule has 0 aromatic carbocycles. The first kappa shape index (κ1) is 18.0. The summed E-state index contributed by atoms with van der Waals surface area (Å²) in [5.74, 6) is 1.35. The van der Waals surface area contributed by atoms with Crippen molar-refractivity contribution in [3.63, 3.8) is 0 Å². The number of hydrogen-bond acceptors (Lipinski definition) is 3. The van der Waals surface area contributed by atoms with Crippen molar-refractivity contribution in [1.82, 2.24) is 10.2 Å². The summed E-state index contributed by atoms with van der Waals surface area (Å²) in [5, 5.41) is 3.00. The lowest BCUT2D eigenvalue weighted by Crippen LogP contribution is -2.42. The van der Waals surface area contributed by atoms with Crippen molar-refractivity contribution in [3.8, 4) is 0 Å². The molecule has 122 valence electrons. The second-order valence-corrected chi connectivity index (χ2v) is 6.53. The maximum Gasteiger partial charge on any atom is 0.222 e. The van der Waals surface area contributed by atoms with E-state index in [4.69, 9.17) is 5.73 Å². The number of carbonyl (C=O) groups is 2. The predicted octanol–water partition coefficient (Wildman–Crippen LogP) is 1.51. The molecule has 0 bridgehead atoms. The fraction of sp³-hybridized carbons (Fsp3) is 0.875. The molecule has 21 heavy (non-hydrogen) atoms. The maximum atomic E-state index is 12.0. The monoisotopic (exact) mass is 297 g/mol. The van der Waals surface area contributed by atoms with Gasteiger partial charge in [-0.1, -0.05) is 13.8 Å². The molecule has 2 atom stereocenters. The summed E-state index contributed by atoms with van der Waals surface area (Å²) >= 11 is 0. The summed E-state index contributed by atoms with van der Waals surface area (Å²) in [6.45, 7) is 8.45. The fourth-order valence-corrected chi connectivity index (χ4v) is 2.96. The number of carbonyl (C=O) groups excluding carboxylic acids is 2. The SMILES string of the molecule is CC(CN1CCCC1=O)NC(=O)CCC(CCN)C(C)C. The molecule has 0 aromatic rings. The summed E-state index contributed by atoms with van der Waals surface area (Å²) in [6.07, 6.45) is 3.99. The van der Waals surface area contributed by atoms with Crippen LogP contribution in [0.3, 0.4) is 0 Å². The van der Waals surface area contributed by atoms with Crippen LogP contribution in [0.1, 0.15) is 52.9 Å². The van der Waals surface area contributed by atoms with Crippen LogP contribution < -0.4 is 11.1 Å². The number of amides is 2. The van der Waals surface area contributed by atoms with Gasteiger partial charge in [-0.2, -0.15) is 0 Å². The van der Waals surface area contributed by atoms with Crippen LogP contribution in [0, 0.1) is 11.8 Å². The van der Waals surface area contributed by atoms with Crippen molar-refractivity contribution in [2.45, 2.75) is 58.9 Å². The Morgan fingerprint density at radius 1 is 1.33 bits per heavy atom. The number of nitrogens with one attached hydrogen (secondary N) is 1. The molecule has 2 unspecified atom stereocenters. The number of nitrogens with zero attached hydrogens (tertiary/aromatic N) is 1. The van der Waals surface area contributed by atoms with Crippen LogP contribution in [0.5, 0.6) is 0 Å². The Kier molecular flexibility index (Phi) is 7.72. The van der Waals surface area contributed by atoms with Gasteiger partial charge < -0.3 is 16.0 Å². The first-order valence-electron chi connectivity index (χ1n) is 8.21. The van der Waals surface area contributed by atoms with Gasteiger partial charge in [0.15, 0.2) is 0 Å². The highest BCUT2D eigenvalue weighted by atomic mass is 16.2. The summed E-state index contributed by atoms with van der Waals surface area (Å²) in [6, 6.07) is 0.0200. The second-order valence-electron chi connectivity index (χ2n) is 6.53. The van der Waals surface area contributed by atoms with E-state index in [-0.39, 0.29) is 17.9 Å². The molecule has 5 nitrogen and oxygen atoms in total. The Morgan fingerprint density at radius 2 is 2.05 bits per heavy atom. The minimum absolute atomic E-state index is 0.0200. The zero-order valence-electron chi connectivity index (χ0n) is 13.7. The molecule has 1 rings (SSSR count). The molecule has 1 aliphatic heterocycles. The van der Waals surface area contributed by atoms with E-state index in [9.17, 15) is 9.59 Å². The summed E-state index contributed by atoms with van der Waals surface area (Å²) in [7, 11) is 0. The van der Waals surface area contributed by atoms with Crippen LogP contribution in [-0.4, -0.2) is 42.4 Å². The van der Waals surface area contributed by atoms with E-state index in [0.29, 0.717) is 37.8 Å². The quantitative estimate of drug-likeness (QED) is 0.677. The lowest BCUT2D eigenvalue weighted by atomic mass is 9.88. The third-order valence-electron chi connectivity index (χ3n) is 4.30. The molecule has 0 radical (unpaired) electrons. The van der Waals surface area contributed by atoms with Gasteiger partial charge in [0, 0.05) is 32.0 Å². The van der Waals surface area contributed by atoms with E-state index >= 15 is 0 Å². The molecule has 0 spiro atoms. The maximum absolute atomic E-state index is 12.0. The summed E-state index contributed by atoms with van der Waals surface area (Å²) in [4.78, 5) is 25.4. The van der Waals surface area contributed by atoms with E-state index in [1.165, 1.54) is 0 Å². The largest absolute Gasteiger partial charge is 0.352 e. The van der Waals surface area contributed by atoms with Crippen LogP contribution in [0.15, 0.2) is 0 Å². The van der Waals surface area contributed by atoms with E-state index in [1.807, 2.05) is 11.8 Å². The first-order valence-corrected chi connectivity index (χ1v) is 8.21. The minimum atomic E-state index is 0.0200. The normalized spacial score (nSPS) is 18.1. The number of hydrogen-bond donors (Lipinski definition) is 2. The fourth-order valence-electron chi connectivity index (χ4n) is 2.96. The van der Waals surface area contributed by atoms with E-state index in [2.05, 4.69) is 19.2 Å². The number of rotatable bonds is 9. The zero-order chi connectivity index (χ0) is 15.8. The van der Waals surface area contributed by atoms with E-state index < -0.39 is 0 Å². The Balaban J connectivity index is 2.27. The molecular formula is C16H31N3O2. The van der Waals surface area contributed by atoms with Crippen LogP contribution >= 0.6 is 0 Å². The molecule has 0 aliphatic carbocycles. The van der Waals surface area contributed by atoms with Crippen molar-refractivity contribution in [1.29, 1.82) is 0 Å². The molecule has 1 saturated heterocycles. The second kappa shape index (κ2) is 9.03. The molecule has 0 saturated carbocycles. The van der Waals surface area contributed by atoms with Gasteiger partial charge >= 0.3 is 0 Å². The minimum Gasteiger partial charge on any atom is -0.352 e. The summed E-state index contributed by atoms with van der Waals surface area (Å²) < 4.78 is 0. The number of nitrogens with two attached hydrogens (primary N) is 1. The van der Waals surface area contributed by atoms with E-state index in [1.54, 1.807) is 0 Å². The Hall–Kier alpha value is -1.10. The lowest BCUT2D eigenvalue weighted by molar-refractivity contribution is -0.129. The topological polar surface area (TPSA) is 75.4 Å². The first-order chi connectivity index (χ1) is 9.93. The van der Waals surface area contributed by atoms with Gasteiger partial charge in [-0.25, -0.2) is 0 Å². The Morgan fingerprint density at radius 3 is 2.57 bits per heavy atom. The van der Waals surface area contributed by atoms with Gasteiger partial charge in [0.2, 0.25) is 11.8 Å². The zero-order valence-corrected chi connectivity index (χ0v) is 13.7. The third-order valence-corrected chi connectivity index (χ3v) is 4.30. The Labute approximate surface area is 128 Å². The average molecular weight is 297 g/mol. The van der Waals surface area contributed by atoms with Gasteiger partial charge in [-0.05, 0) is 44.6 Å². The van der Waals surface area contributed by atoms with Crippen molar-refractivity contribution in [3.05, 3.63) is 0 Å². The number of likely N-dealkylation sites (tertiary alicyclic amines) is 1. The van der Waals surface area contributed by atoms with Gasteiger partial charge in [-0.15, -0.1) is 0 Å². The van der Waals surface area contributed by atoms with Gasteiger partial charge in [0.25, 0.3) is 0 Å². The summed E-state index contributed by atoms with van der Waals surface area (Å²) in [5.41, 5.74) is 5.62. The third kappa shape index (κ3) is 6.46. The lowest BCUT2D eigenvalue weighted by Gasteiger charge is -2.23. The van der Waals surface area contributed by atoms with Crippen LogP contribution in [0.2, 0.25) is 0 Å². The molecule has 1 fully saturated rings. The molecule has 0 aromatic heterocycles. The molecule has 1 heterocycles. The highest BCUT2D eigenvalue weighted by Crippen LogP contribution is 2.20. The molecular weight excluding hydrogens is 266 g/mol. The van der Waals surface area contributed by atoms with E-state index in [0.717, 1.165) is 25.8 Å². The van der Waals surface area contributed by atoms with Crippen molar-refractivity contribution < 1.29 is 9.59 Å².